The van der Waals surface area contributed by atoms with Gasteiger partial charge in [0.05, 0.1) is 12.1 Å². The van der Waals surface area contributed by atoms with Crippen LogP contribution in [-0.4, -0.2) is 70.4 Å². The molecule has 0 aliphatic carbocycles. The smallest absolute Gasteiger partial charge is 0.408 e. The molecule has 11 heteroatoms. The highest BCUT2D eigenvalue weighted by molar-refractivity contribution is 7.80. The largest absolute Gasteiger partial charge is 0.480 e. The van der Waals surface area contributed by atoms with Gasteiger partial charge in [0.2, 0.25) is 5.91 Å². The lowest BCUT2D eigenvalue weighted by atomic mass is 9.93. The molecule has 198 valence electrons. The number of aliphatic carboxylic acids is 1. The van der Waals surface area contributed by atoms with Gasteiger partial charge in [0, 0.05) is 34.8 Å². The number of carbonyl (C=O) groups excluding carboxylic acids is 3. The number of nitrogens with one attached hydrogen (secondary N) is 4. The van der Waals surface area contributed by atoms with Gasteiger partial charge in [-0.25, -0.2) is 9.59 Å². The Morgan fingerprint density at radius 3 is 2.31 bits per heavy atom. The molecule has 2 rings (SSSR count). The van der Waals surface area contributed by atoms with E-state index in [0.717, 1.165) is 0 Å². The van der Waals surface area contributed by atoms with Gasteiger partial charge in [-0.1, -0.05) is 13.8 Å². The van der Waals surface area contributed by atoms with E-state index in [1.807, 2.05) is 13.8 Å². The Kier molecular flexibility index (Phi) is 9.94. The third-order valence-electron chi connectivity index (χ3n) is 5.56. The van der Waals surface area contributed by atoms with Crippen molar-refractivity contribution in [3.8, 4) is 0 Å². The van der Waals surface area contributed by atoms with Gasteiger partial charge in [-0.3, -0.25) is 9.59 Å². The van der Waals surface area contributed by atoms with E-state index < -0.39 is 35.8 Å². The van der Waals surface area contributed by atoms with Gasteiger partial charge in [-0.15, -0.1) is 0 Å². The summed E-state index contributed by atoms with van der Waals surface area (Å²) in [7, 11) is 1.65. The van der Waals surface area contributed by atoms with Crippen molar-refractivity contribution in [2.45, 2.75) is 64.8 Å². The summed E-state index contributed by atoms with van der Waals surface area (Å²) >= 11 is 4.17. The minimum Gasteiger partial charge on any atom is -0.480 e. The Balaban J connectivity index is 2.30. The first-order valence-electron chi connectivity index (χ1n) is 11.7. The molecule has 0 radical (unpaired) electrons. The summed E-state index contributed by atoms with van der Waals surface area (Å²) in [6.45, 7) is 8.75. The monoisotopic (exact) mass is 520 g/mol. The van der Waals surface area contributed by atoms with Crippen molar-refractivity contribution in [3.63, 3.8) is 0 Å². The number of carboxylic acid groups (broad SMARTS) is 1. The van der Waals surface area contributed by atoms with Crippen LogP contribution in [0.3, 0.4) is 0 Å². The van der Waals surface area contributed by atoms with Gasteiger partial charge in [0.1, 0.15) is 11.6 Å². The molecule has 0 saturated heterocycles. The second-order valence-corrected chi connectivity index (χ2v) is 10.3. The predicted molar refractivity (Wildman–Crippen MR) is 141 cm³/mol. The molecule has 36 heavy (non-hydrogen) atoms. The molecule has 2 aromatic rings. The van der Waals surface area contributed by atoms with E-state index >= 15 is 0 Å². The van der Waals surface area contributed by atoms with Gasteiger partial charge < -0.3 is 30.8 Å². The molecule has 3 atom stereocenters. The topological polar surface area (TPSA) is 150 Å². The molecule has 0 aliphatic rings. The number of rotatable bonds is 11. The molecule has 10 nitrogen and oxygen atoms in total. The van der Waals surface area contributed by atoms with E-state index in [-0.39, 0.29) is 29.8 Å². The molecule has 3 unspecified atom stereocenters. The maximum absolute atomic E-state index is 13.4. The molecule has 0 saturated carbocycles. The lowest BCUT2D eigenvalue weighted by Gasteiger charge is -2.24. The lowest BCUT2D eigenvalue weighted by molar-refractivity contribution is -0.139. The van der Waals surface area contributed by atoms with Crippen molar-refractivity contribution in [2.24, 2.45) is 5.92 Å². The quantitative estimate of drug-likeness (QED) is 0.197. The average molecular weight is 521 g/mol. The highest BCUT2D eigenvalue weighted by atomic mass is 32.1. The highest BCUT2D eigenvalue weighted by Gasteiger charge is 2.29. The minimum absolute atomic E-state index is 0.0254. The zero-order valence-electron chi connectivity index (χ0n) is 21.5. The maximum Gasteiger partial charge on any atom is 0.408 e. The third-order valence-corrected chi connectivity index (χ3v) is 5.92. The zero-order valence-corrected chi connectivity index (χ0v) is 22.4. The molecular formula is C25H36N4O6S. The molecule has 0 fully saturated rings. The van der Waals surface area contributed by atoms with E-state index in [0.29, 0.717) is 22.0 Å². The molecule has 0 aliphatic heterocycles. The van der Waals surface area contributed by atoms with E-state index in [9.17, 15) is 24.3 Å². The number of benzene rings is 1. The number of aromatic nitrogens is 1. The van der Waals surface area contributed by atoms with Crippen LogP contribution in [-0.2, 0) is 20.7 Å². The van der Waals surface area contributed by atoms with Crippen LogP contribution in [0.2, 0.25) is 0 Å². The van der Waals surface area contributed by atoms with Crippen molar-refractivity contribution in [1.82, 2.24) is 20.9 Å². The lowest BCUT2D eigenvalue weighted by Crippen LogP contribution is -2.52. The summed E-state index contributed by atoms with van der Waals surface area (Å²) in [6, 6.07) is 2.53. The number of carboxylic acids is 1. The minimum atomic E-state index is -1.24. The van der Waals surface area contributed by atoms with Gasteiger partial charge in [0.25, 0.3) is 0 Å². The molecule has 1 aromatic heterocycles. The average Bonchev–Trinajstić information content (AvgIpc) is 3.17. The van der Waals surface area contributed by atoms with Crippen LogP contribution in [0.4, 0.5) is 4.79 Å². The first-order chi connectivity index (χ1) is 16.8. The molecule has 2 amide bonds. The molecular weight excluding hydrogens is 484 g/mol. The number of Topliss-reactive ketones (excluding diaryl/α,β-unsaturated/α-hetero) is 1. The molecule has 1 heterocycles. The van der Waals surface area contributed by atoms with Crippen molar-refractivity contribution in [1.29, 1.82) is 0 Å². The van der Waals surface area contributed by atoms with Gasteiger partial charge in [-0.05, 0) is 57.5 Å². The van der Waals surface area contributed by atoms with E-state index in [4.69, 9.17) is 4.74 Å². The number of fused-ring (bicyclic) bond motifs is 1. The molecule has 0 bridgehead atoms. The van der Waals surface area contributed by atoms with Crippen molar-refractivity contribution in [3.05, 3.63) is 35.5 Å². The SMILES string of the molecule is CNC(CS)C(=O)NC(C(=O)c1ccc2[nH]cc(CC(NC(=O)OC(C)(C)C)C(=O)O)c2c1)C(C)C. The Morgan fingerprint density at radius 2 is 1.78 bits per heavy atom. The van der Waals surface area contributed by atoms with Crippen LogP contribution < -0.4 is 16.0 Å². The van der Waals surface area contributed by atoms with Gasteiger partial charge in [0.15, 0.2) is 5.78 Å². The summed E-state index contributed by atoms with van der Waals surface area (Å²) in [5, 5.41) is 18.4. The fourth-order valence-electron chi connectivity index (χ4n) is 3.64. The maximum atomic E-state index is 13.4. The van der Waals surface area contributed by atoms with E-state index in [2.05, 4.69) is 33.6 Å². The second kappa shape index (κ2) is 12.3. The fourth-order valence-corrected chi connectivity index (χ4v) is 3.99. The van der Waals surface area contributed by atoms with Crippen LogP contribution >= 0.6 is 12.6 Å². The first kappa shape index (κ1) is 29.2. The number of likely N-dealkylation sites (N-methyl/N-ethyl adjacent to an activating group) is 1. The van der Waals surface area contributed by atoms with Crippen molar-refractivity contribution < 1.29 is 29.0 Å². The second-order valence-electron chi connectivity index (χ2n) is 9.93. The van der Waals surface area contributed by atoms with Gasteiger partial charge in [-0.2, -0.15) is 12.6 Å². The highest BCUT2D eigenvalue weighted by Crippen LogP contribution is 2.23. The number of ether oxygens (including phenoxy) is 1. The number of hydrogen-bond acceptors (Lipinski definition) is 7. The van der Waals surface area contributed by atoms with Crippen LogP contribution in [0.1, 0.15) is 50.5 Å². The number of aromatic amines is 1. The Labute approximate surface area is 216 Å². The first-order valence-corrected chi connectivity index (χ1v) is 12.4. The number of ketones is 1. The Hall–Kier alpha value is -3.05. The number of hydrogen-bond donors (Lipinski definition) is 6. The van der Waals surface area contributed by atoms with E-state index in [1.165, 1.54) is 0 Å². The summed E-state index contributed by atoms with van der Waals surface area (Å²) < 4.78 is 5.18. The normalized spacial score (nSPS) is 14.2. The predicted octanol–water partition coefficient (Wildman–Crippen LogP) is 2.53. The molecule has 1 aromatic carbocycles. The molecule has 0 spiro atoms. The summed E-state index contributed by atoms with van der Waals surface area (Å²) in [5.41, 5.74) is 0.921. The van der Waals surface area contributed by atoms with Crippen LogP contribution in [0.25, 0.3) is 10.9 Å². The van der Waals surface area contributed by atoms with Crippen molar-refractivity contribution >= 4 is 47.3 Å². The van der Waals surface area contributed by atoms with Crippen LogP contribution in [0.15, 0.2) is 24.4 Å². The van der Waals surface area contributed by atoms with Crippen molar-refractivity contribution in [2.75, 3.05) is 12.8 Å². The molecule has 5 N–H and O–H groups in total. The number of H-pyrrole nitrogens is 1. The number of thiol groups is 1. The summed E-state index contributed by atoms with van der Waals surface area (Å²) in [4.78, 5) is 53.0. The standard InChI is InChI=1S/C25H36N4O6S/c1-13(2)20(29-22(31)19(12-36)26-6)21(30)14-7-8-17-16(9-14)15(11-27-17)10-18(23(32)33)28-24(34)35-25(3,4)5/h7-9,11,13,18-20,26-27,36H,10,12H2,1-6H3,(H,28,34)(H,29,31)(H,32,33). The Morgan fingerprint density at radius 1 is 1.11 bits per heavy atom. The zero-order chi connectivity index (χ0) is 27.2. The van der Waals surface area contributed by atoms with Crippen LogP contribution in [0, 0.1) is 5.92 Å². The summed E-state index contributed by atoms with van der Waals surface area (Å²) in [6.07, 6.45) is 0.794. The number of alkyl carbamates (subject to hydrolysis) is 1. The summed E-state index contributed by atoms with van der Waals surface area (Å²) in [5.74, 6) is -1.69. The number of amides is 2. The van der Waals surface area contributed by atoms with Crippen LogP contribution in [0.5, 0.6) is 0 Å². The number of carbonyl (C=O) groups is 4. The fraction of sp³-hybridized carbons (Fsp3) is 0.520. The third kappa shape index (κ3) is 7.72. The van der Waals surface area contributed by atoms with Gasteiger partial charge >= 0.3 is 12.1 Å². The Bertz CT molecular complexity index is 1100. The van der Waals surface area contributed by atoms with E-state index in [1.54, 1.807) is 52.2 Å².